The number of Topliss-reactive ketones (excluding diaryl/α,β-unsaturated/α-hetero) is 3. The van der Waals surface area contributed by atoms with Gasteiger partial charge in [-0.2, -0.15) is 0 Å². The van der Waals surface area contributed by atoms with Crippen molar-refractivity contribution in [3.05, 3.63) is 83.6 Å². The van der Waals surface area contributed by atoms with Crippen molar-refractivity contribution in [1.82, 2.24) is 0 Å². The number of allylic oxidation sites excluding steroid dienone is 12. The minimum absolute atomic E-state index is 0.0151. The van der Waals surface area contributed by atoms with Crippen LogP contribution in [0.25, 0.3) is 0 Å². The Morgan fingerprint density at radius 2 is 1.12 bits per heavy atom. The molecule has 19 nitrogen and oxygen atoms in total. The monoisotopic (exact) mass is 1350 g/mol. The van der Waals surface area contributed by atoms with Crippen LogP contribution in [0.15, 0.2) is 83.6 Å². The molecule has 22 atom stereocenters. The van der Waals surface area contributed by atoms with Crippen LogP contribution in [0.5, 0.6) is 0 Å². The summed E-state index contributed by atoms with van der Waals surface area (Å²) in [5, 5.41) is 57.0. The van der Waals surface area contributed by atoms with Crippen molar-refractivity contribution in [2.24, 2.45) is 79.8 Å². The molecule has 0 saturated heterocycles. The number of hydrogen-bond donors (Lipinski definition) is 5. The Hall–Kier alpha value is -5.84. The number of aliphatic hydroxyl groups excluding tert-OH is 3. The maximum Gasteiger partial charge on any atom is 0.509 e. The van der Waals surface area contributed by atoms with Crippen LogP contribution in [0.1, 0.15) is 153 Å². The number of rotatable bonds is 11. The van der Waals surface area contributed by atoms with Crippen LogP contribution in [0.3, 0.4) is 0 Å². The average molecular weight is 1350 g/mol. The highest BCUT2D eigenvalue weighted by atomic mass is 35.5. The number of ether oxygens (including phenoxy) is 5. The Bertz CT molecular complexity index is 3460. The first kappa shape index (κ1) is 71.9. The lowest BCUT2D eigenvalue weighted by atomic mass is 9.44. The smallest absolute Gasteiger partial charge is 0.458 e. The molecule has 12 aliphatic rings. The first-order valence-corrected chi connectivity index (χ1v) is 34.2. The van der Waals surface area contributed by atoms with Crippen molar-refractivity contribution in [1.29, 1.82) is 0 Å². The first-order chi connectivity index (χ1) is 44.3. The summed E-state index contributed by atoms with van der Waals surface area (Å²) in [6.07, 6.45) is 13.5. The normalized spacial score (nSPS) is 45.2. The van der Waals surface area contributed by atoms with Crippen molar-refractivity contribution in [3.8, 4) is 0 Å². The molecule has 0 bridgehead atoms. The Kier molecular flexibility index (Phi) is 18.8. The minimum Gasteiger partial charge on any atom is -0.458 e. The number of hydrogen-bond acceptors (Lipinski definition) is 19. The Labute approximate surface area is 558 Å². The summed E-state index contributed by atoms with van der Waals surface area (Å²) >= 11 is 5.81. The maximum atomic E-state index is 17.0. The van der Waals surface area contributed by atoms with Gasteiger partial charge < -0.3 is 49.2 Å². The second kappa shape index (κ2) is 24.9. The van der Waals surface area contributed by atoms with Gasteiger partial charge in [-0.25, -0.2) is 18.4 Å². The van der Waals surface area contributed by atoms with Crippen LogP contribution in [0.2, 0.25) is 0 Å². The molecule has 0 spiro atoms. The number of aliphatic hydroxyl groups is 5. The van der Waals surface area contributed by atoms with Gasteiger partial charge in [-0.3, -0.25) is 33.6 Å². The zero-order chi connectivity index (χ0) is 70.0. The fourth-order valence-corrected chi connectivity index (χ4v) is 22.1. The highest BCUT2D eigenvalue weighted by Crippen LogP contribution is 2.74. The molecule has 0 aromatic carbocycles. The number of alkyl halides is 3. The molecule has 0 amide bonds. The number of fused-ring (bicyclic) bond motifs is 15. The van der Waals surface area contributed by atoms with E-state index in [9.17, 15) is 68.7 Å². The van der Waals surface area contributed by atoms with Gasteiger partial charge >= 0.3 is 18.3 Å². The SMILES string of the molecule is C=C1C[C@H]2[C@@H]3CCC4=CC(=O)C=C[C@]4(C)[C@@]3(F)[C@@H](O)C[C@]2(C)[C@@]1(O)C(=O)COC(C)=O.CCOC(=O)OCC(=O)[C@@]1(OC(=O)OCC)CC[C@H]2[C@@H]3CCC4=CC(=O)C=C[C@]4(C)[C@H]3[C@@H](O)C[C@@]21C.C[C@H]1C[C@H]2[C@@H]3CCC4=CC(=O)C=C[C@]4(C)[C@@]3(F)[C@@H](O)C[C@]2(C)[C@@]1(O)C(=O)CCl. The van der Waals surface area contributed by atoms with Crippen molar-refractivity contribution in [3.63, 3.8) is 0 Å². The third-order valence-electron chi connectivity index (χ3n) is 26.6. The standard InChI is InChI=1S/C27H36O9.C24H29FO6.C22H28ClFO4/c1-5-33-23(31)35-15-21(30)27(36-24(32)34-6-2)12-10-19-18-8-7-16-13-17(28)9-11-25(16,3)22(18)20(29)14-26(19,27)4;1-13-9-18-17-6-5-15-10-16(27)7-8-21(15,3)23(17,25)19(28)11-22(18,4)24(13,30)20(29)12-31-14(2)26;1-12-8-16-15-5-4-13-9-14(25)6-7-19(13,2)21(15,24)17(26)10-20(16,3)22(12,28)18(27)11-23/h9,11,13,18-20,22,29H,5-8,10,12,14-15H2,1-4H3;7-8,10,17-19,28,30H,1,5-6,9,11-12H2,2-4H3;6-7,9,12,15-17,26,28H,4-5,8,10-11H2,1-3H3/t18-,19-,20-,22+,25-,26-,27-;17-,18-,19-,21-,22-,23-,24-;12-,15-,16-,17-,19-,20-,21-,22-/m000/s1. The quantitative estimate of drug-likeness (QED) is 0.0556. The summed E-state index contributed by atoms with van der Waals surface area (Å²) in [6, 6.07) is 0. The van der Waals surface area contributed by atoms with Crippen molar-refractivity contribution < 1.29 is 101 Å². The third kappa shape index (κ3) is 10.3. The van der Waals surface area contributed by atoms with Gasteiger partial charge in [0.15, 0.2) is 58.9 Å². The second-order valence-corrected chi connectivity index (χ2v) is 30.7. The van der Waals surface area contributed by atoms with Gasteiger partial charge in [-0.15, -0.1) is 11.6 Å². The van der Waals surface area contributed by atoms with E-state index in [0.717, 1.165) is 24.0 Å². The molecule has 5 N–H and O–H groups in total. The molecule has 95 heavy (non-hydrogen) atoms. The number of esters is 1. The lowest BCUT2D eigenvalue weighted by Crippen LogP contribution is -2.69. The molecular weight excluding hydrogens is 1250 g/mol. The fraction of sp³-hybridized carbons (Fsp3) is 0.685. The lowest BCUT2D eigenvalue weighted by Gasteiger charge is -2.62. The number of halogens is 3. The number of carbonyl (C=O) groups excluding carboxylic acids is 9. The molecular formula is C73H93ClF2O19. The third-order valence-corrected chi connectivity index (χ3v) is 26.8. The van der Waals surface area contributed by atoms with E-state index in [0.29, 0.717) is 44.1 Å². The zero-order valence-electron chi connectivity index (χ0n) is 56.1. The lowest BCUT2D eigenvalue weighted by molar-refractivity contribution is -0.218. The average Bonchev–Trinajstić information content (AvgIpc) is 1.65. The van der Waals surface area contributed by atoms with Crippen LogP contribution in [0, 0.1) is 79.8 Å². The predicted molar refractivity (Wildman–Crippen MR) is 340 cm³/mol. The molecule has 0 aliphatic heterocycles. The molecule has 0 unspecified atom stereocenters. The molecule has 0 aromatic heterocycles. The van der Waals surface area contributed by atoms with E-state index in [4.69, 9.17) is 35.3 Å². The summed E-state index contributed by atoms with van der Waals surface area (Å²) in [6.45, 7) is 20.1. The summed E-state index contributed by atoms with van der Waals surface area (Å²) in [4.78, 5) is 111. The van der Waals surface area contributed by atoms with Crippen molar-refractivity contribution in [2.75, 3.05) is 32.3 Å². The molecule has 0 heterocycles. The van der Waals surface area contributed by atoms with E-state index in [1.54, 1.807) is 58.9 Å². The van der Waals surface area contributed by atoms with Gasteiger partial charge in [0, 0.05) is 57.2 Å². The molecule has 9 fully saturated rings. The van der Waals surface area contributed by atoms with Crippen molar-refractivity contribution in [2.45, 2.75) is 199 Å². The summed E-state index contributed by atoms with van der Waals surface area (Å²) in [5.74, 6) is -5.37. The Morgan fingerprint density at radius 3 is 1.66 bits per heavy atom. The number of ketones is 6. The number of carbonyl (C=O) groups is 9. The molecule has 0 aromatic rings. The maximum absolute atomic E-state index is 17.0. The molecule has 0 radical (unpaired) electrons. The van der Waals surface area contributed by atoms with Crippen LogP contribution in [-0.2, 0) is 57.2 Å². The van der Waals surface area contributed by atoms with Crippen LogP contribution in [0.4, 0.5) is 18.4 Å². The molecule has 12 rings (SSSR count). The largest absolute Gasteiger partial charge is 0.509 e. The summed E-state index contributed by atoms with van der Waals surface area (Å²) in [7, 11) is 0. The zero-order valence-corrected chi connectivity index (χ0v) is 56.8. The fourth-order valence-electron chi connectivity index (χ4n) is 21.9. The van der Waals surface area contributed by atoms with E-state index >= 15 is 8.78 Å². The minimum atomic E-state index is -2.05. The molecule has 9 saturated carbocycles. The van der Waals surface area contributed by atoms with Gasteiger partial charge in [0.2, 0.25) is 11.6 Å². The van der Waals surface area contributed by atoms with E-state index in [1.807, 2.05) is 26.8 Å². The molecule has 520 valence electrons. The Morgan fingerprint density at radius 1 is 0.611 bits per heavy atom. The van der Waals surface area contributed by atoms with Crippen LogP contribution in [-0.4, -0.2) is 157 Å². The highest BCUT2D eigenvalue weighted by molar-refractivity contribution is 6.29. The van der Waals surface area contributed by atoms with Gasteiger partial charge in [-0.1, -0.05) is 76.1 Å². The molecule has 22 heteroatoms. The predicted octanol–water partition coefficient (Wildman–Crippen LogP) is 9.45. The molecule has 12 aliphatic carbocycles. The van der Waals surface area contributed by atoms with Crippen LogP contribution >= 0.6 is 11.6 Å². The summed E-state index contributed by atoms with van der Waals surface area (Å²) < 4.78 is 59.3. The first-order valence-electron chi connectivity index (χ1n) is 33.6. The van der Waals surface area contributed by atoms with Gasteiger partial charge in [0.1, 0.15) is 5.60 Å². The van der Waals surface area contributed by atoms with E-state index in [-0.39, 0.29) is 104 Å². The van der Waals surface area contributed by atoms with Gasteiger partial charge in [0.05, 0.1) is 37.4 Å². The topological polar surface area (TPSA) is 301 Å². The van der Waals surface area contributed by atoms with Crippen molar-refractivity contribution >= 4 is 64.6 Å². The van der Waals surface area contributed by atoms with Crippen LogP contribution < -0.4 is 0 Å². The highest BCUT2D eigenvalue weighted by Gasteiger charge is 2.78. The van der Waals surface area contributed by atoms with Gasteiger partial charge in [0.25, 0.3) is 0 Å². The van der Waals surface area contributed by atoms with E-state index in [1.165, 1.54) is 31.2 Å². The van der Waals surface area contributed by atoms with Gasteiger partial charge in [-0.05, 0) is 183 Å². The summed E-state index contributed by atoms with van der Waals surface area (Å²) in [5.41, 5.74) is -12.3. The van der Waals surface area contributed by atoms with E-state index in [2.05, 4.69) is 13.5 Å². The van der Waals surface area contributed by atoms with E-state index < -0.39 is 146 Å². The Balaban J connectivity index is 0.000000156. The second-order valence-electron chi connectivity index (χ2n) is 30.5.